The van der Waals surface area contributed by atoms with E-state index in [0.717, 1.165) is 13.1 Å². The second-order valence-electron chi connectivity index (χ2n) is 5.43. The van der Waals surface area contributed by atoms with E-state index in [1.807, 2.05) is 0 Å². The van der Waals surface area contributed by atoms with Gasteiger partial charge in [-0.2, -0.15) is 0 Å². The van der Waals surface area contributed by atoms with E-state index in [9.17, 15) is 0 Å². The fourth-order valence-corrected chi connectivity index (χ4v) is 2.31. The molecule has 104 valence electrons. The van der Waals surface area contributed by atoms with Gasteiger partial charge in [-0.1, -0.05) is 26.7 Å². The van der Waals surface area contributed by atoms with Crippen LogP contribution in [0.15, 0.2) is 0 Å². The molecule has 0 bridgehead atoms. The quantitative estimate of drug-likeness (QED) is 0.556. The number of hydrogen-bond donors (Lipinski definition) is 1. The third kappa shape index (κ3) is 8.62. The summed E-state index contributed by atoms with van der Waals surface area (Å²) in [6.07, 6.45) is 6.53. The molecule has 0 aliphatic rings. The monoisotopic (exact) mass is 242 g/mol. The average Bonchev–Trinajstić information content (AvgIpc) is 2.29. The summed E-state index contributed by atoms with van der Waals surface area (Å²) in [4.78, 5) is 2.66. The van der Waals surface area contributed by atoms with Gasteiger partial charge in [0.1, 0.15) is 0 Å². The molecule has 0 rings (SSSR count). The van der Waals surface area contributed by atoms with E-state index in [-0.39, 0.29) is 0 Å². The molecule has 0 heterocycles. The van der Waals surface area contributed by atoms with Gasteiger partial charge in [0.25, 0.3) is 0 Å². The Labute approximate surface area is 109 Å². The van der Waals surface area contributed by atoms with Crippen molar-refractivity contribution in [2.45, 2.75) is 78.8 Å². The van der Waals surface area contributed by atoms with Crippen molar-refractivity contribution in [3.63, 3.8) is 0 Å². The van der Waals surface area contributed by atoms with Crippen molar-refractivity contribution in [1.29, 1.82) is 0 Å². The zero-order valence-electron chi connectivity index (χ0n) is 12.8. The molecule has 0 spiro atoms. The van der Waals surface area contributed by atoms with Crippen molar-refractivity contribution in [3.8, 4) is 0 Å². The Bertz CT molecular complexity index is 157. The third-order valence-corrected chi connectivity index (χ3v) is 3.41. The highest BCUT2D eigenvalue weighted by Gasteiger charge is 2.15. The van der Waals surface area contributed by atoms with Gasteiger partial charge < -0.3 is 5.32 Å². The summed E-state index contributed by atoms with van der Waals surface area (Å²) < 4.78 is 0. The Kier molecular flexibility index (Phi) is 11.0. The zero-order valence-corrected chi connectivity index (χ0v) is 12.8. The molecule has 1 N–H and O–H groups in total. The van der Waals surface area contributed by atoms with Crippen LogP contribution in [-0.2, 0) is 0 Å². The molecular weight excluding hydrogens is 208 g/mol. The molecule has 0 saturated carbocycles. The lowest BCUT2D eigenvalue weighted by molar-refractivity contribution is 0.153. The largest absolute Gasteiger partial charge is 0.317 e. The molecule has 1 unspecified atom stereocenters. The van der Waals surface area contributed by atoms with Crippen LogP contribution in [0.2, 0.25) is 0 Å². The minimum atomic E-state index is 0.674. The Balaban J connectivity index is 3.84. The molecule has 17 heavy (non-hydrogen) atoms. The van der Waals surface area contributed by atoms with E-state index in [0.29, 0.717) is 12.1 Å². The van der Waals surface area contributed by atoms with Gasteiger partial charge in [0, 0.05) is 12.1 Å². The van der Waals surface area contributed by atoms with E-state index in [4.69, 9.17) is 0 Å². The highest BCUT2D eigenvalue weighted by atomic mass is 15.2. The zero-order chi connectivity index (χ0) is 13.1. The van der Waals surface area contributed by atoms with E-state index in [2.05, 4.69) is 44.8 Å². The molecule has 0 aromatic carbocycles. The van der Waals surface area contributed by atoms with Gasteiger partial charge in [0.2, 0.25) is 0 Å². The van der Waals surface area contributed by atoms with Crippen molar-refractivity contribution >= 4 is 0 Å². The molecule has 0 fully saturated rings. The molecule has 0 amide bonds. The summed E-state index contributed by atoms with van der Waals surface area (Å²) in [6.45, 7) is 15.1. The van der Waals surface area contributed by atoms with Crippen molar-refractivity contribution in [1.82, 2.24) is 10.2 Å². The fraction of sp³-hybridized carbons (Fsp3) is 1.00. The molecule has 0 radical (unpaired) electrons. The third-order valence-electron chi connectivity index (χ3n) is 3.41. The average molecular weight is 242 g/mol. The maximum absolute atomic E-state index is 3.50. The maximum atomic E-state index is 3.50. The van der Waals surface area contributed by atoms with Crippen LogP contribution in [0, 0.1) is 0 Å². The van der Waals surface area contributed by atoms with E-state index < -0.39 is 0 Å². The second-order valence-corrected chi connectivity index (χ2v) is 5.43. The predicted octanol–water partition coefficient (Wildman–Crippen LogP) is 3.67. The molecule has 0 aliphatic carbocycles. The number of hydrogen-bond acceptors (Lipinski definition) is 2. The van der Waals surface area contributed by atoms with Crippen LogP contribution in [0.1, 0.15) is 66.7 Å². The number of nitrogens with zero attached hydrogens (tertiary/aromatic N) is 1. The normalized spacial score (nSPS) is 13.6. The molecule has 0 saturated heterocycles. The summed E-state index contributed by atoms with van der Waals surface area (Å²) >= 11 is 0. The van der Waals surface area contributed by atoms with E-state index in [1.54, 1.807) is 0 Å². The maximum Gasteiger partial charge on any atom is 0.00817 e. The van der Waals surface area contributed by atoms with Crippen molar-refractivity contribution in [2.75, 3.05) is 19.6 Å². The lowest BCUT2D eigenvalue weighted by atomic mass is 10.1. The summed E-state index contributed by atoms with van der Waals surface area (Å²) in [7, 11) is 0. The first-order chi connectivity index (χ1) is 8.13. The van der Waals surface area contributed by atoms with Crippen LogP contribution >= 0.6 is 0 Å². The Hall–Kier alpha value is -0.0800. The lowest BCUT2D eigenvalue weighted by Crippen LogP contribution is -2.40. The van der Waals surface area contributed by atoms with E-state index >= 15 is 0 Å². The second kappa shape index (κ2) is 11.0. The van der Waals surface area contributed by atoms with Crippen LogP contribution in [0.3, 0.4) is 0 Å². The van der Waals surface area contributed by atoms with Crippen molar-refractivity contribution < 1.29 is 0 Å². The highest BCUT2D eigenvalue weighted by molar-refractivity contribution is 4.72. The summed E-state index contributed by atoms with van der Waals surface area (Å²) in [5.41, 5.74) is 0. The highest BCUT2D eigenvalue weighted by Crippen LogP contribution is 2.10. The summed E-state index contributed by atoms with van der Waals surface area (Å²) in [6, 6.07) is 1.38. The molecular formula is C15H34N2. The smallest absolute Gasteiger partial charge is 0.00817 e. The Morgan fingerprint density at radius 2 is 1.65 bits per heavy atom. The fourth-order valence-electron chi connectivity index (χ4n) is 2.31. The summed E-state index contributed by atoms with van der Waals surface area (Å²) in [5.74, 6) is 0. The SMILES string of the molecule is CCCCCN(C(C)C)C(C)CCNCCC. The van der Waals surface area contributed by atoms with Crippen LogP contribution < -0.4 is 5.32 Å². The first-order valence-corrected chi connectivity index (χ1v) is 7.59. The van der Waals surface area contributed by atoms with Gasteiger partial charge in [-0.25, -0.2) is 0 Å². The van der Waals surface area contributed by atoms with Crippen molar-refractivity contribution in [3.05, 3.63) is 0 Å². The van der Waals surface area contributed by atoms with Gasteiger partial charge in [-0.05, 0) is 59.7 Å². The number of nitrogens with one attached hydrogen (secondary N) is 1. The number of rotatable bonds is 11. The van der Waals surface area contributed by atoms with Crippen molar-refractivity contribution in [2.24, 2.45) is 0 Å². The topological polar surface area (TPSA) is 15.3 Å². The molecule has 0 aromatic heterocycles. The van der Waals surface area contributed by atoms with Crippen LogP contribution in [0.5, 0.6) is 0 Å². The van der Waals surface area contributed by atoms with Gasteiger partial charge in [0.15, 0.2) is 0 Å². The van der Waals surface area contributed by atoms with Crippen LogP contribution in [-0.4, -0.2) is 36.6 Å². The molecule has 0 aromatic rings. The van der Waals surface area contributed by atoms with Crippen LogP contribution in [0.25, 0.3) is 0 Å². The molecule has 0 aliphatic heterocycles. The Morgan fingerprint density at radius 3 is 2.18 bits per heavy atom. The van der Waals surface area contributed by atoms with Gasteiger partial charge in [0.05, 0.1) is 0 Å². The lowest BCUT2D eigenvalue weighted by Gasteiger charge is -2.33. The summed E-state index contributed by atoms with van der Waals surface area (Å²) in [5, 5.41) is 3.50. The molecule has 1 atom stereocenters. The predicted molar refractivity (Wildman–Crippen MR) is 78.6 cm³/mol. The Morgan fingerprint density at radius 1 is 0.941 bits per heavy atom. The first-order valence-electron chi connectivity index (χ1n) is 7.59. The van der Waals surface area contributed by atoms with Gasteiger partial charge >= 0.3 is 0 Å². The molecule has 2 heteroatoms. The van der Waals surface area contributed by atoms with E-state index in [1.165, 1.54) is 38.6 Å². The minimum absolute atomic E-state index is 0.674. The van der Waals surface area contributed by atoms with Crippen LogP contribution in [0.4, 0.5) is 0 Å². The number of unbranched alkanes of at least 4 members (excludes halogenated alkanes) is 2. The first kappa shape index (κ1) is 16.9. The standard InChI is InChI=1S/C15H34N2/c1-6-8-9-13-17(14(3)4)15(5)10-12-16-11-7-2/h14-16H,6-13H2,1-5H3. The molecule has 2 nitrogen and oxygen atoms in total. The van der Waals surface area contributed by atoms with Gasteiger partial charge in [-0.3, -0.25) is 4.90 Å². The minimum Gasteiger partial charge on any atom is -0.317 e. The van der Waals surface area contributed by atoms with Gasteiger partial charge in [-0.15, -0.1) is 0 Å².